The van der Waals surface area contributed by atoms with Gasteiger partial charge < -0.3 is 30.7 Å². The minimum Gasteiger partial charge on any atom is -0.465 e. The number of nitrogens with zero attached hydrogens (tertiary/aromatic N) is 8. The molecule has 0 radical (unpaired) electrons. The van der Waals surface area contributed by atoms with E-state index >= 15 is 0 Å². The van der Waals surface area contributed by atoms with Crippen LogP contribution in [0, 0.1) is 22.7 Å². The molecule has 4 N–H and O–H groups in total. The van der Waals surface area contributed by atoms with Crippen LogP contribution in [0.1, 0.15) is 24.6 Å². The molecule has 2 aliphatic heterocycles. The first-order valence-corrected chi connectivity index (χ1v) is 13.1. The summed E-state index contributed by atoms with van der Waals surface area (Å²) in [5, 5.41) is 42.4. The molecule has 0 spiro atoms. The highest BCUT2D eigenvalue weighted by Crippen LogP contribution is 2.38. The van der Waals surface area contributed by atoms with Crippen molar-refractivity contribution in [1.82, 2.24) is 29.8 Å². The molecule has 0 bridgehead atoms. The molecule has 0 unspecified atom stereocenters. The molecule has 2 aliphatic rings. The Balaban J connectivity index is 1.48. The normalized spacial score (nSPS) is 19.1. The Morgan fingerprint density at radius 3 is 2.77 bits per heavy atom. The Kier molecular flexibility index (Phi) is 7.75. The van der Waals surface area contributed by atoms with E-state index in [0.29, 0.717) is 72.7 Å². The Labute approximate surface area is 235 Å². The second-order valence-corrected chi connectivity index (χ2v) is 9.99. The Morgan fingerprint density at radius 1 is 1.32 bits per heavy atom. The molecule has 14 nitrogen and oxygen atoms in total. The summed E-state index contributed by atoms with van der Waals surface area (Å²) in [5.74, 6) is 0.598. The van der Waals surface area contributed by atoms with Crippen LogP contribution in [0.25, 0.3) is 5.65 Å². The molecule has 208 valence electrons. The Hall–Kier alpha value is -4.37. The van der Waals surface area contributed by atoms with E-state index in [-0.39, 0.29) is 29.8 Å². The molecule has 2 saturated heterocycles. The van der Waals surface area contributed by atoms with Crippen LogP contribution in [-0.4, -0.2) is 93.7 Å². The molecule has 0 aliphatic carbocycles. The average molecular weight is 566 g/mol. The predicted octanol–water partition coefficient (Wildman–Crippen LogP) is 2.24. The van der Waals surface area contributed by atoms with Crippen LogP contribution in [0.4, 0.5) is 27.9 Å². The second kappa shape index (κ2) is 11.4. The van der Waals surface area contributed by atoms with Gasteiger partial charge in [-0.1, -0.05) is 11.6 Å². The highest BCUT2D eigenvalue weighted by Gasteiger charge is 2.38. The van der Waals surface area contributed by atoms with Crippen molar-refractivity contribution >= 4 is 46.5 Å². The van der Waals surface area contributed by atoms with Gasteiger partial charge in [0, 0.05) is 25.7 Å². The topological polar surface area (TPSA) is 180 Å². The molecule has 1 aromatic carbocycles. The number of hydrogen-bond acceptors (Lipinski definition) is 11. The summed E-state index contributed by atoms with van der Waals surface area (Å²) in [5.41, 5.74) is 2.07. The Morgan fingerprint density at radius 2 is 2.12 bits per heavy atom. The number of hydrogen-bond donors (Lipinski definition) is 4. The number of anilines is 4. The summed E-state index contributed by atoms with van der Waals surface area (Å²) in [6, 6.07) is 7.36. The lowest BCUT2D eigenvalue weighted by Crippen LogP contribution is -2.64. The van der Waals surface area contributed by atoms with Gasteiger partial charge in [-0.2, -0.15) is 20.0 Å². The van der Waals surface area contributed by atoms with Crippen molar-refractivity contribution in [2.24, 2.45) is 0 Å². The third-order valence-electron chi connectivity index (χ3n) is 7.20. The molecular weight excluding hydrogens is 538 g/mol. The van der Waals surface area contributed by atoms with Crippen molar-refractivity contribution in [3.05, 3.63) is 34.6 Å². The molecule has 15 heteroatoms. The van der Waals surface area contributed by atoms with Crippen LogP contribution in [-0.2, 0) is 4.74 Å². The van der Waals surface area contributed by atoms with Crippen molar-refractivity contribution in [2.75, 3.05) is 55.4 Å². The maximum Gasteiger partial charge on any atom is 0.404 e. The summed E-state index contributed by atoms with van der Waals surface area (Å²) in [4.78, 5) is 24.5. The molecular formula is C25H28ClN11O3. The van der Waals surface area contributed by atoms with Crippen LogP contribution in [0.3, 0.4) is 0 Å². The molecule has 0 saturated carbocycles. The highest BCUT2D eigenvalue weighted by molar-refractivity contribution is 6.36. The number of carbonyl (C=O) groups is 1. The summed E-state index contributed by atoms with van der Waals surface area (Å²) in [6.45, 7) is 4.68. The van der Waals surface area contributed by atoms with E-state index in [1.165, 1.54) is 10.7 Å². The number of imidazole rings is 1. The number of nitrogens with one attached hydrogen (secondary N) is 3. The van der Waals surface area contributed by atoms with Crippen LogP contribution in [0.5, 0.6) is 0 Å². The van der Waals surface area contributed by atoms with E-state index in [1.54, 1.807) is 12.1 Å². The summed E-state index contributed by atoms with van der Waals surface area (Å²) in [6.07, 6.45) is 0.903. The number of likely N-dealkylation sites (N-methyl/N-ethyl adjacent to an activating group) is 1. The first kappa shape index (κ1) is 27.2. The number of carboxylic acid groups (broad SMARTS) is 1. The molecule has 5 rings (SSSR count). The van der Waals surface area contributed by atoms with E-state index in [2.05, 4.69) is 53.0 Å². The van der Waals surface area contributed by atoms with Gasteiger partial charge in [-0.25, -0.2) is 9.78 Å². The number of aromatic nitrogens is 4. The van der Waals surface area contributed by atoms with Gasteiger partial charge in [0.05, 0.1) is 59.5 Å². The fourth-order valence-corrected chi connectivity index (χ4v) is 5.31. The fraction of sp³-hybridized carbons (Fsp3) is 0.440. The third-order valence-corrected chi connectivity index (χ3v) is 7.60. The number of piperidine rings is 1. The number of nitriles is 2. The number of halogens is 1. The van der Waals surface area contributed by atoms with Crippen molar-refractivity contribution in [3.8, 4) is 12.1 Å². The number of ether oxygens (including phenoxy) is 1. The lowest BCUT2D eigenvalue weighted by Gasteiger charge is -2.48. The maximum atomic E-state index is 11.5. The Bertz CT molecular complexity index is 1510. The molecule has 2 atom stereocenters. The number of rotatable bonds is 8. The monoisotopic (exact) mass is 565 g/mol. The van der Waals surface area contributed by atoms with Crippen LogP contribution in [0.2, 0.25) is 5.02 Å². The summed E-state index contributed by atoms with van der Waals surface area (Å²) < 4.78 is 6.75. The van der Waals surface area contributed by atoms with Crippen molar-refractivity contribution in [3.63, 3.8) is 0 Å². The van der Waals surface area contributed by atoms with Crippen LogP contribution >= 0.6 is 11.6 Å². The van der Waals surface area contributed by atoms with Gasteiger partial charge >= 0.3 is 6.09 Å². The number of amides is 1. The van der Waals surface area contributed by atoms with Crippen molar-refractivity contribution in [1.29, 1.82) is 10.5 Å². The quantitative estimate of drug-likeness (QED) is 0.313. The smallest absolute Gasteiger partial charge is 0.404 e. The molecule has 2 aromatic heterocycles. The molecule has 2 fully saturated rings. The van der Waals surface area contributed by atoms with Crippen molar-refractivity contribution < 1.29 is 14.6 Å². The van der Waals surface area contributed by atoms with Gasteiger partial charge in [-0.3, -0.25) is 4.90 Å². The molecule has 3 aromatic rings. The van der Waals surface area contributed by atoms with Gasteiger partial charge in [0.1, 0.15) is 6.07 Å². The largest absolute Gasteiger partial charge is 0.465 e. The summed E-state index contributed by atoms with van der Waals surface area (Å²) >= 11 is 6.93. The van der Waals surface area contributed by atoms with Gasteiger partial charge in [0.15, 0.2) is 17.2 Å². The van der Waals surface area contributed by atoms with E-state index in [9.17, 15) is 20.4 Å². The zero-order chi connectivity index (χ0) is 28.4. The zero-order valence-electron chi connectivity index (χ0n) is 21.9. The zero-order valence-corrected chi connectivity index (χ0v) is 22.7. The van der Waals surface area contributed by atoms with Gasteiger partial charge in [-0.15, -0.1) is 5.10 Å². The SMILES string of the molecule is CCNc1nc(Nc2cc(C#N)cc(N3CC[C@@H](NC(=O)O)[C@@H](N(C)C4COC4)C3)c2Cl)nn2c(C#N)cnc12. The second-order valence-electron chi connectivity index (χ2n) is 9.61. The van der Waals surface area contributed by atoms with Gasteiger partial charge in [0.25, 0.3) is 0 Å². The van der Waals surface area contributed by atoms with Crippen molar-refractivity contribution in [2.45, 2.75) is 31.5 Å². The lowest BCUT2D eigenvalue weighted by atomic mass is 9.95. The van der Waals surface area contributed by atoms with E-state index in [0.717, 1.165) is 0 Å². The van der Waals surface area contributed by atoms with Gasteiger partial charge in [0.2, 0.25) is 5.95 Å². The summed E-state index contributed by atoms with van der Waals surface area (Å²) in [7, 11) is 1.97. The number of benzene rings is 1. The van der Waals surface area contributed by atoms with Crippen LogP contribution < -0.4 is 20.9 Å². The first-order chi connectivity index (χ1) is 19.3. The highest BCUT2D eigenvalue weighted by atomic mass is 35.5. The van der Waals surface area contributed by atoms with E-state index in [1.807, 2.05) is 14.0 Å². The first-order valence-electron chi connectivity index (χ1n) is 12.8. The molecule has 40 heavy (non-hydrogen) atoms. The molecule has 1 amide bonds. The minimum atomic E-state index is -1.07. The minimum absolute atomic E-state index is 0.143. The maximum absolute atomic E-state index is 11.5. The third kappa shape index (κ3) is 5.24. The number of fused-ring (bicyclic) bond motifs is 1. The standard InChI is InChI=1S/C25H28ClN11O3/c1-3-29-22-23-30-10-15(9-28)37(23)34-24(33-22)31-18-6-14(8-27)7-19(21(18)26)36-5-4-17(32-25(38)39)20(11-36)35(2)16-12-40-13-16/h6-7,10,16-17,20,32H,3-5,11-13H2,1-2H3,(H,38,39)(H2,29,31,33,34)/t17-,20+/m1/s1. The van der Waals surface area contributed by atoms with E-state index in [4.69, 9.17) is 16.3 Å². The average Bonchev–Trinajstić information content (AvgIpc) is 3.32. The van der Waals surface area contributed by atoms with E-state index < -0.39 is 6.09 Å². The van der Waals surface area contributed by atoms with Gasteiger partial charge in [-0.05, 0) is 32.5 Å². The van der Waals surface area contributed by atoms with Crippen LogP contribution in [0.15, 0.2) is 18.3 Å². The lowest BCUT2D eigenvalue weighted by molar-refractivity contribution is -0.0740. The molecule has 4 heterocycles. The predicted molar refractivity (Wildman–Crippen MR) is 147 cm³/mol. The fourth-order valence-electron chi connectivity index (χ4n) is 5.03.